The monoisotopic (exact) mass is 267 g/mol. The van der Waals surface area contributed by atoms with Gasteiger partial charge in [-0.15, -0.1) is 11.3 Å². The second kappa shape index (κ2) is 3.99. The van der Waals surface area contributed by atoms with Crippen molar-refractivity contribution in [2.24, 2.45) is 0 Å². The molecular weight excluding hydrogens is 258 g/mol. The van der Waals surface area contributed by atoms with Gasteiger partial charge in [-0.05, 0) is 0 Å². The lowest BCUT2D eigenvalue weighted by atomic mass is 10.5. The molecular formula is C7H10ClN3O2S2. The molecule has 0 aliphatic carbocycles. The molecule has 0 amide bonds. The van der Waals surface area contributed by atoms with Crippen molar-refractivity contribution in [2.75, 3.05) is 20.1 Å². The third kappa shape index (κ3) is 2.16. The lowest BCUT2D eigenvalue weighted by Crippen LogP contribution is -2.30. The molecule has 8 heteroatoms. The van der Waals surface area contributed by atoms with Gasteiger partial charge in [0.05, 0.1) is 12.2 Å². The van der Waals surface area contributed by atoms with E-state index in [2.05, 4.69) is 4.98 Å². The molecule has 5 nitrogen and oxygen atoms in total. The number of aromatic nitrogens is 1. The molecule has 1 aromatic rings. The summed E-state index contributed by atoms with van der Waals surface area (Å²) in [5.41, 5.74) is 0.698. The maximum atomic E-state index is 11.7. The Morgan fingerprint density at radius 2 is 2.33 bits per heavy atom. The molecule has 1 saturated heterocycles. The summed E-state index contributed by atoms with van der Waals surface area (Å²) < 4.78 is 26.6. The van der Waals surface area contributed by atoms with E-state index >= 15 is 0 Å². The molecule has 0 spiro atoms. The van der Waals surface area contributed by atoms with Crippen LogP contribution in [0.15, 0.2) is 5.38 Å². The minimum Gasteiger partial charge on any atom is -0.229 e. The van der Waals surface area contributed by atoms with Gasteiger partial charge in [-0.3, -0.25) is 0 Å². The molecule has 0 saturated carbocycles. The van der Waals surface area contributed by atoms with Crippen molar-refractivity contribution in [1.29, 1.82) is 0 Å². The molecule has 0 radical (unpaired) electrons. The highest BCUT2D eigenvalue weighted by Gasteiger charge is 2.33. The molecule has 0 bridgehead atoms. The van der Waals surface area contributed by atoms with Gasteiger partial charge in [0.25, 0.3) is 10.2 Å². The highest BCUT2D eigenvalue weighted by Crippen LogP contribution is 2.20. The van der Waals surface area contributed by atoms with E-state index < -0.39 is 10.2 Å². The SMILES string of the molecule is CN1CCN(Cc2csc(Cl)n2)S1(=O)=O. The molecule has 15 heavy (non-hydrogen) atoms. The lowest BCUT2D eigenvalue weighted by Gasteiger charge is -2.13. The molecule has 1 aromatic heterocycles. The molecule has 2 rings (SSSR count). The number of likely N-dealkylation sites (N-methyl/N-ethyl adjacent to an activating group) is 1. The zero-order valence-corrected chi connectivity index (χ0v) is 10.4. The fourth-order valence-corrected chi connectivity index (χ4v) is 3.46. The Morgan fingerprint density at radius 3 is 2.80 bits per heavy atom. The highest BCUT2D eigenvalue weighted by atomic mass is 35.5. The molecule has 1 aliphatic heterocycles. The predicted molar refractivity (Wildman–Crippen MR) is 59.1 cm³/mol. The van der Waals surface area contributed by atoms with Crippen LogP contribution in [0.4, 0.5) is 0 Å². The number of halogens is 1. The van der Waals surface area contributed by atoms with Crippen molar-refractivity contribution in [2.45, 2.75) is 6.54 Å². The molecule has 1 aliphatic rings. The second-order valence-corrected chi connectivity index (χ2v) is 6.73. The van der Waals surface area contributed by atoms with E-state index in [-0.39, 0.29) is 0 Å². The minimum atomic E-state index is -3.27. The number of thiazole rings is 1. The molecule has 1 fully saturated rings. The van der Waals surface area contributed by atoms with E-state index in [0.717, 1.165) is 0 Å². The average Bonchev–Trinajstić information content (AvgIpc) is 2.66. The first-order valence-corrected chi connectivity index (χ1v) is 6.97. The largest absolute Gasteiger partial charge is 0.282 e. The third-order valence-electron chi connectivity index (χ3n) is 2.25. The van der Waals surface area contributed by atoms with Gasteiger partial charge in [0.2, 0.25) is 0 Å². The summed E-state index contributed by atoms with van der Waals surface area (Å²) in [5, 5.41) is 1.77. The first-order valence-electron chi connectivity index (χ1n) is 4.31. The van der Waals surface area contributed by atoms with Crippen LogP contribution < -0.4 is 0 Å². The molecule has 0 N–H and O–H groups in total. The lowest BCUT2D eigenvalue weighted by molar-refractivity contribution is 0.441. The van der Waals surface area contributed by atoms with Crippen molar-refractivity contribution in [3.8, 4) is 0 Å². The van der Waals surface area contributed by atoms with E-state index in [1.54, 1.807) is 12.4 Å². The van der Waals surface area contributed by atoms with Gasteiger partial charge >= 0.3 is 0 Å². The fraction of sp³-hybridized carbons (Fsp3) is 0.571. The van der Waals surface area contributed by atoms with Gasteiger partial charge in [-0.1, -0.05) is 11.6 Å². The van der Waals surface area contributed by atoms with Crippen LogP contribution >= 0.6 is 22.9 Å². The Morgan fingerprint density at radius 1 is 1.60 bits per heavy atom. The molecule has 2 heterocycles. The molecule has 0 atom stereocenters. The second-order valence-electron chi connectivity index (χ2n) is 3.25. The van der Waals surface area contributed by atoms with Gasteiger partial charge in [0.1, 0.15) is 0 Å². The Balaban J connectivity index is 2.14. The van der Waals surface area contributed by atoms with Crippen molar-refractivity contribution >= 4 is 33.1 Å². The summed E-state index contributed by atoms with van der Waals surface area (Å²) in [6, 6.07) is 0. The highest BCUT2D eigenvalue weighted by molar-refractivity contribution is 7.86. The Hall–Kier alpha value is -0.210. The summed E-state index contributed by atoms with van der Waals surface area (Å²) in [6.07, 6.45) is 0. The van der Waals surface area contributed by atoms with Crippen LogP contribution in [0.25, 0.3) is 0 Å². The predicted octanol–water partition coefficient (Wildman–Crippen LogP) is 0.789. The normalized spacial score (nSPS) is 22.3. The number of hydrogen-bond donors (Lipinski definition) is 0. The van der Waals surface area contributed by atoms with Crippen LogP contribution in [0.5, 0.6) is 0 Å². The standard InChI is InChI=1S/C7H10ClN3O2S2/c1-10-2-3-11(15(10,12)13)4-6-5-14-7(8)9-6/h5H,2-4H2,1H3. The minimum absolute atomic E-state index is 0.301. The van der Waals surface area contributed by atoms with Gasteiger partial charge in [0, 0.05) is 25.5 Å². The quantitative estimate of drug-likeness (QED) is 0.796. The van der Waals surface area contributed by atoms with E-state index in [9.17, 15) is 8.42 Å². The van der Waals surface area contributed by atoms with Crippen LogP contribution in [0.2, 0.25) is 4.47 Å². The van der Waals surface area contributed by atoms with Crippen molar-refractivity contribution < 1.29 is 8.42 Å². The van der Waals surface area contributed by atoms with Crippen molar-refractivity contribution in [1.82, 2.24) is 13.6 Å². The summed E-state index contributed by atoms with van der Waals surface area (Å²) in [4.78, 5) is 4.02. The first-order chi connectivity index (χ1) is 7.00. The van der Waals surface area contributed by atoms with Crippen LogP contribution in [0.3, 0.4) is 0 Å². The molecule has 84 valence electrons. The zero-order valence-electron chi connectivity index (χ0n) is 8.05. The van der Waals surface area contributed by atoms with Crippen molar-refractivity contribution in [3.05, 3.63) is 15.5 Å². The van der Waals surface area contributed by atoms with Gasteiger partial charge in [0.15, 0.2) is 4.47 Å². The summed E-state index contributed by atoms with van der Waals surface area (Å²) in [6.45, 7) is 1.34. The maximum Gasteiger partial charge on any atom is 0.282 e. The number of nitrogens with zero attached hydrogens (tertiary/aromatic N) is 3. The fourth-order valence-electron chi connectivity index (χ4n) is 1.38. The van der Waals surface area contributed by atoms with Gasteiger partial charge in [-0.2, -0.15) is 17.0 Å². The van der Waals surface area contributed by atoms with Gasteiger partial charge < -0.3 is 0 Å². The van der Waals surface area contributed by atoms with E-state index in [0.29, 0.717) is 29.8 Å². The maximum absolute atomic E-state index is 11.7. The van der Waals surface area contributed by atoms with Crippen LogP contribution in [-0.2, 0) is 16.8 Å². The summed E-state index contributed by atoms with van der Waals surface area (Å²) in [5.74, 6) is 0. The molecule has 0 unspecified atom stereocenters. The number of rotatable bonds is 2. The summed E-state index contributed by atoms with van der Waals surface area (Å²) in [7, 11) is -1.69. The zero-order chi connectivity index (χ0) is 11.1. The van der Waals surface area contributed by atoms with E-state index in [1.807, 2.05) is 0 Å². The Kier molecular flexibility index (Phi) is 3.00. The Labute approximate surface area is 97.5 Å². The first kappa shape index (κ1) is 11.3. The topological polar surface area (TPSA) is 53.5 Å². The smallest absolute Gasteiger partial charge is 0.229 e. The van der Waals surface area contributed by atoms with E-state index in [1.165, 1.54) is 19.9 Å². The Bertz CT molecular complexity index is 459. The van der Waals surface area contributed by atoms with E-state index in [4.69, 9.17) is 11.6 Å². The average molecular weight is 268 g/mol. The summed E-state index contributed by atoms with van der Waals surface area (Å²) >= 11 is 6.98. The third-order valence-corrected chi connectivity index (χ3v) is 5.21. The van der Waals surface area contributed by atoms with Gasteiger partial charge in [-0.25, -0.2) is 4.98 Å². The van der Waals surface area contributed by atoms with Crippen LogP contribution in [0.1, 0.15) is 5.69 Å². The number of hydrogen-bond acceptors (Lipinski definition) is 4. The molecule has 0 aromatic carbocycles. The van der Waals surface area contributed by atoms with Crippen LogP contribution in [0, 0.1) is 0 Å². The van der Waals surface area contributed by atoms with Crippen molar-refractivity contribution in [3.63, 3.8) is 0 Å². The van der Waals surface area contributed by atoms with Crippen LogP contribution in [-0.4, -0.2) is 42.1 Å².